The Bertz CT molecular complexity index is 715. The molecular weight excluding hydrogens is 294 g/mol. The summed E-state index contributed by atoms with van der Waals surface area (Å²) in [5.74, 6) is 0.709. The third kappa shape index (κ3) is 3.18. The highest BCUT2D eigenvalue weighted by Crippen LogP contribution is 2.26. The van der Waals surface area contributed by atoms with Gasteiger partial charge in [-0.15, -0.1) is 11.8 Å². The minimum atomic E-state index is 0.128. The summed E-state index contributed by atoms with van der Waals surface area (Å²) in [6.45, 7) is 0. The Morgan fingerprint density at radius 2 is 2.00 bits per heavy atom. The van der Waals surface area contributed by atoms with Gasteiger partial charge in [0.2, 0.25) is 0 Å². The van der Waals surface area contributed by atoms with Gasteiger partial charge in [-0.1, -0.05) is 17.7 Å². The number of halogens is 1. The highest BCUT2D eigenvalue weighted by Gasteiger charge is 2.10. The quantitative estimate of drug-likeness (QED) is 0.691. The van der Waals surface area contributed by atoms with E-state index >= 15 is 0 Å². The number of thioether (sulfide) groups is 1. The standard InChI is InChI=1S/C13H8ClN5S/c14-11-2-1-8(6-18-11)7-20-13-10(5-16)3-9(4-15)12(17)19-13/h1-3,6H,7H2,(H2,17,19). The maximum Gasteiger partial charge on any atom is 0.142 e. The van der Waals surface area contributed by atoms with Gasteiger partial charge in [-0.3, -0.25) is 0 Å². The molecule has 0 saturated carbocycles. The van der Waals surface area contributed by atoms with Crippen LogP contribution in [0.1, 0.15) is 16.7 Å². The fourth-order valence-electron chi connectivity index (χ4n) is 1.43. The molecule has 0 aliphatic heterocycles. The number of nitrogens with zero attached hydrogens (tertiary/aromatic N) is 4. The van der Waals surface area contributed by atoms with Crippen molar-refractivity contribution in [3.8, 4) is 12.1 Å². The Morgan fingerprint density at radius 3 is 2.60 bits per heavy atom. The van der Waals surface area contributed by atoms with Gasteiger partial charge in [-0.25, -0.2) is 9.97 Å². The van der Waals surface area contributed by atoms with Crippen LogP contribution in [0.25, 0.3) is 0 Å². The summed E-state index contributed by atoms with van der Waals surface area (Å²) in [5, 5.41) is 18.9. The number of anilines is 1. The lowest BCUT2D eigenvalue weighted by molar-refractivity contribution is 1.11. The Balaban J connectivity index is 2.21. The average Bonchev–Trinajstić information content (AvgIpc) is 2.46. The number of nitrogens with two attached hydrogens (primary N) is 1. The normalized spacial score (nSPS) is 9.75. The molecule has 98 valence electrons. The second kappa shape index (κ2) is 6.25. The van der Waals surface area contributed by atoms with Gasteiger partial charge in [-0.2, -0.15) is 10.5 Å². The zero-order valence-corrected chi connectivity index (χ0v) is 11.7. The Hall–Kier alpha value is -2.28. The fraction of sp³-hybridized carbons (Fsp3) is 0.0769. The van der Waals surface area contributed by atoms with E-state index in [0.717, 1.165) is 5.56 Å². The summed E-state index contributed by atoms with van der Waals surface area (Å²) in [4.78, 5) is 8.07. The first-order valence-corrected chi connectivity index (χ1v) is 6.84. The molecule has 2 aromatic rings. The molecule has 2 rings (SSSR count). The van der Waals surface area contributed by atoms with Crippen LogP contribution >= 0.6 is 23.4 Å². The van der Waals surface area contributed by atoms with Crippen molar-refractivity contribution in [2.24, 2.45) is 0 Å². The Labute approximate surface area is 125 Å². The number of nitrogen functional groups attached to an aromatic ring is 1. The molecule has 0 fully saturated rings. The number of hydrogen-bond acceptors (Lipinski definition) is 6. The van der Waals surface area contributed by atoms with Crippen molar-refractivity contribution < 1.29 is 0 Å². The summed E-state index contributed by atoms with van der Waals surface area (Å²) >= 11 is 7.07. The lowest BCUT2D eigenvalue weighted by Crippen LogP contribution is -1.99. The fourth-order valence-corrected chi connectivity index (χ4v) is 2.44. The molecular formula is C13H8ClN5S. The molecule has 5 nitrogen and oxygen atoms in total. The monoisotopic (exact) mass is 301 g/mol. The van der Waals surface area contributed by atoms with Crippen molar-refractivity contribution in [2.45, 2.75) is 10.8 Å². The first kappa shape index (κ1) is 14.1. The maximum absolute atomic E-state index is 9.08. The van der Waals surface area contributed by atoms with E-state index in [4.69, 9.17) is 27.9 Å². The van der Waals surface area contributed by atoms with Gasteiger partial charge in [0.25, 0.3) is 0 Å². The lowest BCUT2D eigenvalue weighted by Gasteiger charge is -2.05. The number of nitriles is 2. The molecule has 0 amide bonds. The van der Waals surface area contributed by atoms with Gasteiger partial charge in [-0.05, 0) is 17.7 Å². The molecule has 2 N–H and O–H groups in total. The van der Waals surface area contributed by atoms with Crippen LogP contribution < -0.4 is 5.73 Å². The van der Waals surface area contributed by atoms with Gasteiger partial charge in [0.1, 0.15) is 28.1 Å². The maximum atomic E-state index is 9.08. The van der Waals surface area contributed by atoms with E-state index in [1.54, 1.807) is 12.3 Å². The lowest BCUT2D eigenvalue weighted by atomic mass is 10.2. The predicted octanol–water partition coefficient (Wildman–Crippen LogP) is 2.75. The highest BCUT2D eigenvalue weighted by atomic mass is 35.5. The molecule has 7 heteroatoms. The number of aromatic nitrogens is 2. The summed E-state index contributed by atoms with van der Waals surface area (Å²) in [7, 11) is 0. The summed E-state index contributed by atoms with van der Waals surface area (Å²) in [6.07, 6.45) is 1.66. The molecule has 0 unspecified atom stereocenters. The molecule has 0 radical (unpaired) electrons. The van der Waals surface area contributed by atoms with Crippen molar-refractivity contribution in [3.05, 3.63) is 46.2 Å². The predicted molar refractivity (Wildman–Crippen MR) is 76.9 cm³/mol. The van der Waals surface area contributed by atoms with E-state index in [2.05, 4.69) is 9.97 Å². The smallest absolute Gasteiger partial charge is 0.142 e. The van der Waals surface area contributed by atoms with Crippen molar-refractivity contribution in [3.63, 3.8) is 0 Å². The van der Waals surface area contributed by atoms with Crippen molar-refractivity contribution in [1.29, 1.82) is 10.5 Å². The molecule has 20 heavy (non-hydrogen) atoms. The second-order valence-electron chi connectivity index (χ2n) is 3.78. The number of hydrogen-bond donors (Lipinski definition) is 1. The average molecular weight is 302 g/mol. The third-order valence-corrected chi connectivity index (χ3v) is 3.71. The molecule has 0 aliphatic carbocycles. The van der Waals surface area contributed by atoms with E-state index in [0.29, 0.717) is 21.5 Å². The van der Waals surface area contributed by atoms with E-state index in [9.17, 15) is 0 Å². The second-order valence-corrected chi connectivity index (χ2v) is 5.13. The van der Waals surface area contributed by atoms with E-state index in [1.165, 1.54) is 17.8 Å². The van der Waals surface area contributed by atoms with Crippen LogP contribution in [0.4, 0.5) is 5.82 Å². The first-order chi connectivity index (χ1) is 9.63. The molecule has 0 atom stereocenters. The van der Waals surface area contributed by atoms with Crippen LogP contribution in [-0.2, 0) is 5.75 Å². The van der Waals surface area contributed by atoms with E-state index in [-0.39, 0.29) is 11.4 Å². The summed E-state index contributed by atoms with van der Waals surface area (Å²) in [5.41, 5.74) is 7.15. The van der Waals surface area contributed by atoms with Gasteiger partial charge in [0, 0.05) is 11.9 Å². The molecule has 0 aliphatic rings. The van der Waals surface area contributed by atoms with Crippen LogP contribution in [0.2, 0.25) is 5.15 Å². The van der Waals surface area contributed by atoms with Gasteiger partial charge in [0.05, 0.1) is 11.1 Å². The van der Waals surface area contributed by atoms with Crippen molar-refractivity contribution >= 4 is 29.2 Å². The molecule has 2 heterocycles. The minimum Gasteiger partial charge on any atom is -0.383 e. The minimum absolute atomic E-state index is 0.128. The van der Waals surface area contributed by atoms with Gasteiger partial charge in [0.15, 0.2) is 0 Å². The number of rotatable bonds is 3. The van der Waals surface area contributed by atoms with Crippen LogP contribution in [0, 0.1) is 22.7 Å². The molecule has 0 spiro atoms. The van der Waals surface area contributed by atoms with Gasteiger partial charge < -0.3 is 5.73 Å². The molecule has 0 saturated heterocycles. The first-order valence-electron chi connectivity index (χ1n) is 5.48. The van der Waals surface area contributed by atoms with Crippen LogP contribution in [0.3, 0.4) is 0 Å². The summed E-state index contributed by atoms with van der Waals surface area (Å²) in [6, 6.07) is 8.92. The molecule has 0 aromatic carbocycles. The van der Waals surface area contributed by atoms with Crippen molar-refractivity contribution in [1.82, 2.24) is 9.97 Å². The Kier molecular flexibility index (Phi) is 4.41. The van der Waals surface area contributed by atoms with Crippen molar-refractivity contribution in [2.75, 3.05) is 5.73 Å². The number of pyridine rings is 2. The van der Waals surface area contributed by atoms with Crippen LogP contribution in [0.15, 0.2) is 29.4 Å². The topological polar surface area (TPSA) is 99.4 Å². The largest absolute Gasteiger partial charge is 0.383 e. The molecule has 2 aromatic heterocycles. The third-order valence-electron chi connectivity index (χ3n) is 2.42. The molecule has 0 bridgehead atoms. The van der Waals surface area contributed by atoms with E-state index < -0.39 is 0 Å². The van der Waals surface area contributed by atoms with E-state index in [1.807, 2.05) is 18.2 Å². The Morgan fingerprint density at radius 1 is 1.25 bits per heavy atom. The van der Waals surface area contributed by atoms with Crippen LogP contribution in [-0.4, -0.2) is 9.97 Å². The SMILES string of the molecule is N#Cc1cc(C#N)c(SCc2ccc(Cl)nc2)nc1N. The zero-order chi connectivity index (χ0) is 14.5. The van der Waals surface area contributed by atoms with Crippen LogP contribution in [0.5, 0.6) is 0 Å². The highest BCUT2D eigenvalue weighted by molar-refractivity contribution is 7.98. The zero-order valence-electron chi connectivity index (χ0n) is 10.2. The van der Waals surface area contributed by atoms with Gasteiger partial charge >= 0.3 is 0 Å². The summed E-state index contributed by atoms with van der Waals surface area (Å²) < 4.78 is 0.